The fraction of sp³-hybridized carbons (Fsp3) is 0.643. The Labute approximate surface area is 234 Å². The zero-order valence-corrected chi connectivity index (χ0v) is 24.1. The minimum atomic E-state index is -1.74. The lowest BCUT2D eigenvalue weighted by Gasteiger charge is -2.34. The Bertz CT molecular complexity index is 1230. The van der Waals surface area contributed by atoms with E-state index < -0.39 is 53.7 Å². The van der Waals surface area contributed by atoms with Gasteiger partial charge in [0.05, 0.1) is 17.5 Å². The Morgan fingerprint density at radius 3 is 2.40 bits per heavy atom. The summed E-state index contributed by atoms with van der Waals surface area (Å²) in [5.41, 5.74) is 5.06. The Morgan fingerprint density at radius 2 is 1.77 bits per heavy atom. The van der Waals surface area contributed by atoms with Crippen LogP contribution in [-0.4, -0.2) is 63.1 Å². The zero-order chi connectivity index (χ0) is 29.6. The molecule has 40 heavy (non-hydrogen) atoms. The maximum absolute atomic E-state index is 13.0. The molecule has 2 aromatic heterocycles. The number of carbonyl (C=O) groups is 3. The van der Waals surface area contributed by atoms with E-state index in [1.807, 2.05) is 0 Å². The molecule has 3 N–H and O–H groups in total. The van der Waals surface area contributed by atoms with Crippen LogP contribution in [-0.2, 0) is 38.9 Å². The number of ether oxygens (including phenoxy) is 4. The predicted molar refractivity (Wildman–Crippen MR) is 147 cm³/mol. The van der Waals surface area contributed by atoms with Crippen molar-refractivity contribution in [3.05, 3.63) is 24.2 Å². The number of unbranched alkanes of at least 4 members (excludes halogenated alkanes) is 3. The van der Waals surface area contributed by atoms with Crippen LogP contribution in [0.25, 0.3) is 5.52 Å². The molecule has 0 aromatic carbocycles. The van der Waals surface area contributed by atoms with E-state index in [1.54, 1.807) is 39.8 Å². The van der Waals surface area contributed by atoms with Crippen LogP contribution in [0.4, 0.5) is 5.82 Å². The van der Waals surface area contributed by atoms with E-state index in [0.29, 0.717) is 17.6 Å². The summed E-state index contributed by atoms with van der Waals surface area (Å²) in [5.74, 6) is -2.37. The number of nitrogens with one attached hydrogen (secondary N) is 1. The molecule has 2 aromatic rings. The second-order valence-corrected chi connectivity index (χ2v) is 10.7. The monoisotopic (exact) mass is 559 g/mol. The molecule has 0 amide bonds. The molecule has 1 aliphatic rings. The van der Waals surface area contributed by atoms with E-state index >= 15 is 0 Å². The summed E-state index contributed by atoms with van der Waals surface area (Å²) in [6, 6.07) is 3.32. The molecule has 0 spiro atoms. The van der Waals surface area contributed by atoms with Crippen LogP contribution in [0, 0.1) is 17.2 Å². The summed E-state index contributed by atoms with van der Waals surface area (Å²) in [5, 5.41) is 13.2. The maximum atomic E-state index is 13.0. The second-order valence-electron chi connectivity index (χ2n) is 10.7. The van der Waals surface area contributed by atoms with Crippen molar-refractivity contribution in [3.63, 3.8) is 0 Å². The minimum absolute atomic E-state index is 0.0368. The number of anilines is 1. The van der Waals surface area contributed by atoms with E-state index in [9.17, 15) is 14.4 Å². The molecule has 220 valence electrons. The molecule has 0 aliphatic carbocycles. The summed E-state index contributed by atoms with van der Waals surface area (Å²) in [7, 11) is 0. The van der Waals surface area contributed by atoms with E-state index in [2.05, 4.69) is 17.0 Å². The van der Waals surface area contributed by atoms with Crippen molar-refractivity contribution >= 4 is 35.0 Å². The van der Waals surface area contributed by atoms with Crippen LogP contribution < -0.4 is 5.73 Å². The number of aromatic nitrogens is 3. The number of hydrogen-bond donors (Lipinski definition) is 2. The molecule has 4 atom stereocenters. The first-order valence-corrected chi connectivity index (χ1v) is 13.8. The fourth-order valence-electron chi connectivity index (χ4n) is 4.62. The van der Waals surface area contributed by atoms with Gasteiger partial charge in [-0.1, -0.05) is 53.9 Å². The normalized spacial score (nSPS) is 22.6. The zero-order valence-electron chi connectivity index (χ0n) is 24.1. The Balaban J connectivity index is 2.08. The van der Waals surface area contributed by atoms with Gasteiger partial charge < -0.3 is 30.1 Å². The topological polar surface area (TPSA) is 168 Å². The second kappa shape index (κ2) is 13.2. The predicted octanol–water partition coefficient (Wildman–Crippen LogP) is 3.59. The van der Waals surface area contributed by atoms with E-state index in [0.717, 1.165) is 19.3 Å². The smallest absolute Gasteiger partial charge is 0.308 e. The number of nitrogen functional groups attached to an aromatic ring is 1. The molecule has 1 saturated heterocycles. The van der Waals surface area contributed by atoms with Crippen LogP contribution >= 0.6 is 0 Å². The van der Waals surface area contributed by atoms with Crippen LogP contribution in [0.5, 0.6) is 0 Å². The first-order chi connectivity index (χ1) is 18.9. The Kier molecular flexibility index (Phi) is 10.2. The summed E-state index contributed by atoms with van der Waals surface area (Å²) in [6.45, 7) is 10.0. The van der Waals surface area contributed by atoms with E-state index in [1.165, 1.54) is 17.8 Å². The van der Waals surface area contributed by atoms with Crippen molar-refractivity contribution in [2.24, 2.45) is 11.8 Å². The van der Waals surface area contributed by atoms with Gasteiger partial charge in [-0.05, 0) is 25.5 Å². The number of rotatable bonds is 13. The lowest BCUT2D eigenvalue weighted by molar-refractivity contribution is -0.173. The molecular formula is C28H41N5O7. The summed E-state index contributed by atoms with van der Waals surface area (Å²) in [4.78, 5) is 42.4. The van der Waals surface area contributed by atoms with Crippen LogP contribution in [0.2, 0.25) is 0 Å². The maximum Gasteiger partial charge on any atom is 0.308 e. The lowest BCUT2D eigenvalue weighted by atomic mass is 9.86. The summed E-state index contributed by atoms with van der Waals surface area (Å²) >= 11 is 0. The molecule has 0 bridgehead atoms. The van der Waals surface area contributed by atoms with Crippen LogP contribution in [0.15, 0.2) is 18.5 Å². The van der Waals surface area contributed by atoms with Gasteiger partial charge in [0.25, 0.3) is 0 Å². The Morgan fingerprint density at radius 1 is 1.10 bits per heavy atom. The molecule has 0 saturated carbocycles. The van der Waals surface area contributed by atoms with Crippen molar-refractivity contribution in [2.75, 3.05) is 12.3 Å². The molecule has 3 heterocycles. The van der Waals surface area contributed by atoms with Crippen molar-refractivity contribution in [3.8, 4) is 0 Å². The molecule has 0 unspecified atom stereocenters. The highest BCUT2D eigenvalue weighted by molar-refractivity contribution is 5.91. The summed E-state index contributed by atoms with van der Waals surface area (Å²) in [6.07, 6.45) is 1.66. The van der Waals surface area contributed by atoms with E-state index in [4.69, 9.17) is 30.1 Å². The third-order valence-electron chi connectivity index (χ3n) is 6.90. The van der Waals surface area contributed by atoms with Gasteiger partial charge in [-0.25, -0.2) is 9.50 Å². The first kappa shape index (κ1) is 31.0. The largest absolute Gasteiger partial charge is 0.463 e. The molecular weight excluding hydrogens is 518 g/mol. The summed E-state index contributed by atoms with van der Waals surface area (Å²) < 4.78 is 25.4. The van der Waals surface area contributed by atoms with E-state index in [-0.39, 0.29) is 24.6 Å². The SMILES string of the molecule is CCCCCCC(=O)OC[C@H]1O[C@@](C(C)=N)(c2ccc3c(N)ncnn23)[C@H](OC(=O)C(C)C)[C@@H]1OC(=O)C(C)C. The van der Waals surface area contributed by atoms with Crippen molar-refractivity contribution in [1.82, 2.24) is 14.6 Å². The highest BCUT2D eigenvalue weighted by Crippen LogP contribution is 2.45. The van der Waals surface area contributed by atoms with Gasteiger partial charge in [-0.3, -0.25) is 14.4 Å². The number of fused-ring (bicyclic) bond motifs is 1. The highest BCUT2D eigenvalue weighted by atomic mass is 16.7. The van der Waals surface area contributed by atoms with Crippen molar-refractivity contribution < 1.29 is 33.3 Å². The third kappa shape index (κ3) is 6.43. The quantitative estimate of drug-likeness (QED) is 0.160. The van der Waals surface area contributed by atoms with Crippen LogP contribution in [0.3, 0.4) is 0 Å². The van der Waals surface area contributed by atoms with Crippen molar-refractivity contribution in [1.29, 1.82) is 5.41 Å². The number of esters is 3. The van der Waals surface area contributed by atoms with Gasteiger partial charge in [0.1, 0.15) is 24.6 Å². The molecule has 0 radical (unpaired) electrons. The van der Waals surface area contributed by atoms with Gasteiger partial charge in [-0.15, -0.1) is 0 Å². The van der Waals surface area contributed by atoms with Crippen LogP contribution in [0.1, 0.15) is 79.3 Å². The van der Waals surface area contributed by atoms with Gasteiger partial charge in [0.15, 0.2) is 23.6 Å². The average molecular weight is 560 g/mol. The highest BCUT2D eigenvalue weighted by Gasteiger charge is 2.63. The first-order valence-electron chi connectivity index (χ1n) is 13.8. The van der Waals surface area contributed by atoms with Gasteiger partial charge in [-0.2, -0.15) is 5.10 Å². The Hall–Kier alpha value is -3.54. The van der Waals surface area contributed by atoms with Gasteiger partial charge in [0.2, 0.25) is 0 Å². The molecule has 3 rings (SSSR count). The number of hydrogen-bond acceptors (Lipinski definition) is 11. The van der Waals surface area contributed by atoms with Gasteiger partial charge >= 0.3 is 17.9 Å². The molecule has 1 aliphatic heterocycles. The number of nitrogens with zero attached hydrogens (tertiary/aromatic N) is 3. The average Bonchev–Trinajstić information content (AvgIpc) is 3.46. The van der Waals surface area contributed by atoms with Crippen molar-refractivity contribution in [2.45, 2.75) is 97.6 Å². The number of carbonyl (C=O) groups excluding carboxylic acids is 3. The standard InChI is InChI=1S/C28H41N5O7/c1-7-8-9-10-11-22(34)37-14-20-23(38-26(35)16(2)3)24(39-27(36)17(4)5)28(40-20,18(6)29)21-13-12-19-25(30)31-15-32-33(19)21/h12-13,15-17,20,23-24,29H,7-11,14H2,1-6H3,(H2,30,31,32)/t20-,23-,24-,28+/m1/s1. The van der Waals surface area contributed by atoms with Gasteiger partial charge in [0, 0.05) is 12.1 Å². The number of nitrogens with two attached hydrogens (primary N) is 1. The molecule has 1 fully saturated rings. The fourth-order valence-corrected chi connectivity index (χ4v) is 4.62. The third-order valence-corrected chi connectivity index (χ3v) is 6.90. The molecule has 12 nitrogen and oxygen atoms in total. The molecule has 12 heteroatoms. The minimum Gasteiger partial charge on any atom is -0.463 e. The lowest BCUT2D eigenvalue weighted by Crippen LogP contribution is -2.51.